The maximum absolute atomic E-state index is 12.6. The molecule has 148 valence electrons. The third kappa shape index (κ3) is 4.60. The normalized spacial score (nSPS) is 11.1. The Bertz CT molecular complexity index is 1150. The van der Waals surface area contributed by atoms with Gasteiger partial charge < -0.3 is 0 Å². The summed E-state index contributed by atoms with van der Waals surface area (Å²) < 4.78 is 26.7. The lowest BCUT2D eigenvalue weighted by atomic mass is 10.4. The van der Waals surface area contributed by atoms with Gasteiger partial charge in [-0.25, -0.2) is 13.4 Å². The number of hydrogen-bond donors (Lipinski definition) is 0. The van der Waals surface area contributed by atoms with E-state index in [1.165, 1.54) is 28.0 Å². The summed E-state index contributed by atoms with van der Waals surface area (Å²) in [5.41, 5.74) is 0.244. The van der Waals surface area contributed by atoms with Crippen LogP contribution in [0, 0.1) is 0 Å². The van der Waals surface area contributed by atoms with Crippen molar-refractivity contribution in [3.05, 3.63) is 59.5 Å². The van der Waals surface area contributed by atoms with Gasteiger partial charge in [-0.1, -0.05) is 43.3 Å². The van der Waals surface area contributed by atoms with E-state index in [0.29, 0.717) is 0 Å². The van der Waals surface area contributed by atoms with Crippen molar-refractivity contribution in [1.82, 2.24) is 19.8 Å². The van der Waals surface area contributed by atoms with E-state index in [1.54, 1.807) is 36.2 Å². The highest BCUT2D eigenvalue weighted by molar-refractivity contribution is 8.01. The molecule has 9 heteroatoms. The first-order valence-corrected chi connectivity index (χ1v) is 12.3. The number of sulfone groups is 1. The molecule has 28 heavy (non-hydrogen) atoms. The lowest BCUT2D eigenvalue weighted by molar-refractivity contribution is 0.592. The fraction of sp³-hybridized carbons (Fsp3) is 0.211. The average molecular weight is 435 g/mol. The largest absolute Gasteiger partial charge is 0.234 e. The summed E-state index contributed by atoms with van der Waals surface area (Å²) in [5.74, 6) is 0. The Hall–Kier alpha value is -2.23. The van der Waals surface area contributed by atoms with Crippen molar-refractivity contribution >= 4 is 48.8 Å². The minimum atomic E-state index is -3.73. The van der Waals surface area contributed by atoms with Crippen LogP contribution < -0.4 is 0 Å². The summed E-state index contributed by atoms with van der Waals surface area (Å²) in [6.45, 7) is 6.01. The van der Waals surface area contributed by atoms with Crippen molar-refractivity contribution in [2.45, 2.75) is 30.7 Å². The zero-order chi connectivity index (χ0) is 20.6. The molecular weight excluding hydrogens is 412 g/mol. The maximum atomic E-state index is 12.6. The average Bonchev–Trinajstić information content (AvgIpc) is 3.38. The van der Waals surface area contributed by atoms with E-state index in [1.807, 2.05) is 50.0 Å². The second-order valence-corrected chi connectivity index (χ2v) is 8.59. The minimum absolute atomic E-state index is 0.121. The fourth-order valence-corrected chi connectivity index (χ4v) is 4.60. The number of fused-ring (bicyclic) bond motifs is 3. The highest BCUT2D eigenvalue weighted by Crippen LogP contribution is 2.25. The first kappa shape index (κ1) is 22.1. The van der Waals surface area contributed by atoms with E-state index in [2.05, 4.69) is 15.3 Å². The highest BCUT2D eigenvalue weighted by atomic mass is 32.2. The second kappa shape index (κ2) is 10.4. The first-order valence-electron chi connectivity index (χ1n) is 8.61. The molecule has 0 spiro atoms. The van der Waals surface area contributed by atoms with Crippen LogP contribution in [0.3, 0.4) is 0 Å². The quantitative estimate of drug-likeness (QED) is 0.447. The molecule has 3 aromatic heterocycles. The third-order valence-electron chi connectivity index (χ3n) is 3.39. The van der Waals surface area contributed by atoms with Crippen molar-refractivity contribution in [3.8, 4) is 0 Å². The summed E-state index contributed by atoms with van der Waals surface area (Å²) in [6.07, 6.45) is 5.69. The van der Waals surface area contributed by atoms with E-state index < -0.39 is 9.84 Å². The monoisotopic (exact) mass is 434 g/mol. The van der Waals surface area contributed by atoms with Crippen molar-refractivity contribution in [1.29, 1.82) is 0 Å². The van der Waals surface area contributed by atoms with Crippen LogP contribution in [-0.2, 0) is 9.84 Å². The van der Waals surface area contributed by atoms with Crippen LogP contribution in [0.1, 0.15) is 20.8 Å². The molecule has 0 amide bonds. The van der Waals surface area contributed by atoms with Crippen molar-refractivity contribution in [2.75, 3.05) is 6.26 Å². The molecule has 0 atom stereocenters. The molecule has 0 saturated carbocycles. The van der Waals surface area contributed by atoms with Gasteiger partial charge in [0.2, 0.25) is 14.9 Å². The van der Waals surface area contributed by atoms with Crippen molar-refractivity contribution in [2.24, 2.45) is 0 Å². The smallest absolute Gasteiger partial charge is 0.229 e. The number of thioether (sulfide) groups is 1. The van der Waals surface area contributed by atoms with E-state index in [-0.39, 0.29) is 15.6 Å². The predicted molar refractivity (Wildman–Crippen MR) is 118 cm³/mol. The molecular formula is C19H22N4O2S3. The standard InChI is InChI=1S/C13H8N4O2S2.C4H8S.C2H6/c18-21(19,10-4-2-1-3-5-10)12-11-14-8-9-6-7-20-13(9)17(11)16-15-12;1-3-4-5-2;1-2/h1-8H;3-4H,1-2H3;1-2H3/b;4-3-;. The van der Waals surface area contributed by atoms with E-state index in [4.69, 9.17) is 0 Å². The molecule has 0 N–H and O–H groups in total. The zero-order valence-corrected chi connectivity index (χ0v) is 18.6. The highest BCUT2D eigenvalue weighted by Gasteiger charge is 2.25. The minimum Gasteiger partial charge on any atom is -0.234 e. The molecule has 3 heterocycles. The number of hydrogen-bond acceptors (Lipinski definition) is 7. The van der Waals surface area contributed by atoms with Gasteiger partial charge in [0.1, 0.15) is 4.83 Å². The number of rotatable bonds is 3. The van der Waals surface area contributed by atoms with Gasteiger partial charge in [0.15, 0.2) is 5.65 Å². The number of thiophene rings is 1. The third-order valence-corrected chi connectivity index (χ3v) is 6.50. The lowest BCUT2D eigenvalue weighted by Gasteiger charge is -2.00. The summed E-state index contributed by atoms with van der Waals surface area (Å²) >= 11 is 3.18. The predicted octanol–water partition coefficient (Wildman–Crippen LogP) is 5.08. The molecule has 0 saturated heterocycles. The Morgan fingerprint density at radius 1 is 1.14 bits per heavy atom. The lowest BCUT2D eigenvalue weighted by Crippen LogP contribution is -2.03. The summed E-state index contributed by atoms with van der Waals surface area (Å²) in [5, 5.41) is 12.5. The number of nitrogens with zero attached hydrogens (tertiary/aromatic N) is 4. The molecule has 4 rings (SSSR count). The molecule has 0 radical (unpaired) electrons. The summed E-state index contributed by atoms with van der Waals surface area (Å²) in [4.78, 5) is 5.20. The Labute approximate surface area is 173 Å². The van der Waals surface area contributed by atoms with E-state index in [0.717, 1.165) is 10.2 Å². The molecule has 0 aliphatic carbocycles. The van der Waals surface area contributed by atoms with Gasteiger partial charge in [-0.05, 0) is 42.2 Å². The van der Waals surface area contributed by atoms with Crippen LogP contribution in [0.4, 0.5) is 0 Å². The molecule has 1 aromatic carbocycles. The van der Waals surface area contributed by atoms with Gasteiger partial charge >= 0.3 is 0 Å². The van der Waals surface area contributed by atoms with Gasteiger partial charge in [0, 0.05) is 11.6 Å². The molecule has 6 nitrogen and oxygen atoms in total. The van der Waals surface area contributed by atoms with Gasteiger partial charge in [0.25, 0.3) is 0 Å². The zero-order valence-electron chi connectivity index (χ0n) is 16.1. The summed E-state index contributed by atoms with van der Waals surface area (Å²) in [7, 11) is -3.73. The van der Waals surface area contributed by atoms with Crippen LogP contribution in [-0.4, -0.2) is 34.5 Å². The van der Waals surface area contributed by atoms with Gasteiger partial charge in [-0.2, -0.15) is 4.52 Å². The maximum Gasteiger partial charge on any atom is 0.229 e. The van der Waals surface area contributed by atoms with Crippen LogP contribution in [0.15, 0.2) is 69.4 Å². The van der Waals surface area contributed by atoms with Crippen LogP contribution in [0.2, 0.25) is 0 Å². The summed E-state index contributed by atoms with van der Waals surface area (Å²) in [6, 6.07) is 10.1. The second-order valence-electron chi connectivity index (χ2n) is 5.09. The van der Waals surface area contributed by atoms with E-state index in [9.17, 15) is 8.42 Å². The Balaban J connectivity index is 0.000000352. The van der Waals surface area contributed by atoms with Crippen LogP contribution in [0.25, 0.3) is 15.9 Å². The molecule has 0 unspecified atom stereocenters. The van der Waals surface area contributed by atoms with Crippen LogP contribution >= 0.6 is 23.1 Å². The van der Waals surface area contributed by atoms with Crippen molar-refractivity contribution in [3.63, 3.8) is 0 Å². The molecule has 0 aliphatic rings. The van der Waals surface area contributed by atoms with Gasteiger partial charge in [-0.15, -0.1) is 28.2 Å². The SMILES string of the molecule is C/C=C\SC.CC.O=S(=O)(c1ccccc1)c1nnn2c1ncc1ccsc12. The fourth-order valence-electron chi connectivity index (χ4n) is 2.24. The first-order chi connectivity index (χ1) is 13.6. The van der Waals surface area contributed by atoms with Crippen molar-refractivity contribution < 1.29 is 8.42 Å². The number of aromatic nitrogens is 4. The van der Waals surface area contributed by atoms with E-state index >= 15 is 0 Å². The van der Waals surface area contributed by atoms with Crippen LogP contribution in [0.5, 0.6) is 0 Å². The van der Waals surface area contributed by atoms with Gasteiger partial charge in [0.05, 0.1) is 4.90 Å². The Morgan fingerprint density at radius 3 is 2.46 bits per heavy atom. The number of allylic oxidation sites excluding steroid dienone is 1. The molecule has 0 aliphatic heterocycles. The molecule has 0 bridgehead atoms. The topological polar surface area (TPSA) is 77.2 Å². The Kier molecular flexibility index (Phi) is 8.16. The number of benzene rings is 1. The Morgan fingerprint density at radius 2 is 1.86 bits per heavy atom. The molecule has 0 fully saturated rings. The molecule has 4 aromatic rings. The van der Waals surface area contributed by atoms with Gasteiger partial charge in [-0.3, -0.25) is 0 Å².